The van der Waals surface area contributed by atoms with Crippen LogP contribution in [-0.2, 0) is 9.84 Å². The largest absolute Gasteiger partial charge is 0.477 e. The summed E-state index contributed by atoms with van der Waals surface area (Å²) < 4.78 is 22.3. The van der Waals surface area contributed by atoms with E-state index in [2.05, 4.69) is 9.97 Å². The van der Waals surface area contributed by atoms with Gasteiger partial charge in [0.25, 0.3) is 0 Å². The first-order valence-electron chi connectivity index (χ1n) is 3.71. The highest BCUT2D eigenvalue weighted by Crippen LogP contribution is 2.15. The van der Waals surface area contributed by atoms with E-state index >= 15 is 0 Å². The molecule has 0 aliphatic heterocycles. The molecule has 0 atom stereocenters. The van der Waals surface area contributed by atoms with E-state index in [1.165, 1.54) is 6.07 Å². The number of rotatable bonds is 3. The van der Waals surface area contributed by atoms with Crippen LogP contribution in [0.15, 0.2) is 16.2 Å². The zero-order chi connectivity index (χ0) is 11.6. The topological polar surface area (TPSA) is 97.2 Å². The second-order valence-electron chi connectivity index (χ2n) is 2.66. The molecule has 1 heterocycles. The highest BCUT2D eigenvalue weighted by molar-refractivity contribution is 7.98. The fourth-order valence-electron chi connectivity index (χ4n) is 0.784. The second kappa shape index (κ2) is 4.15. The summed E-state index contributed by atoms with van der Waals surface area (Å²) in [7, 11) is -3.59. The van der Waals surface area contributed by atoms with Crippen molar-refractivity contribution in [3.63, 3.8) is 0 Å². The molecule has 0 amide bonds. The maximum Gasteiger partial charge on any atom is 0.354 e. The first kappa shape index (κ1) is 11.9. The zero-order valence-electron chi connectivity index (χ0n) is 7.96. The molecule has 15 heavy (non-hydrogen) atoms. The molecular weight excluding hydrogens is 240 g/mol. The highest BCUT2D eigenvalue weighted by atomic mass is 32.2. The molecule has 82 valence electrons. The Morgan fingerprint density at radius 3 is 2.47 bits per heavy atom. The standard InChI is InChI=1S/C7H8N2O4S2/c1-14-5-3-4(6(10)11)8-7(9-5)15(2,12)13/h3H,1-2H3,(H,10,11). The molecule has 1 N–H and O–H groups in total. The Balaban J connectivity index is 3.43. The first-order valence-corrected chi connectivity index (χ1v) is 6.82. The summed E-state index contributed by atoms with van der Waals surface area (Å²) in [5, 5.41) is 8.54. The molecule has 0 fully saturated rings. The quantitative estimate of drug-likeness (QED) is 0.466. The van der Waals surface area contributed by atoms with Gasteiger partial charge in [-0.15, -0.1) is 11.8 Å². The van der Waals surface area contributed by atoms with Crippen molar-refractivity contribution in [1.29, 1.82) is 0 Å². The Morgan fingerprint density at radius 2 is 2.07 bits per heavy atom. The third-order valence-electron chi connectivity index (χ3n) is 1.44. The SMILES string of the molecule is CSc1cc(C(=O)O)nc(S(C)(=O)=O)n1. The monoisotopic (exact) mass is 248 g/mol. The Bertz CT molecular complexity index is 498. The third-order valence-corrected chi connectivity index (χ3v) is 2.92. The van der Waals surface area contributed by atoms with Crippen LogP contribution in [-0.4, -0.2) is 42.0 Å². The molecule has 6 nitrogen and oxygen atoms in total. The van der Waals surface area contributed by atoms with Gasteiger partial charge in [0.2, 0.25) is 15.0 Å². The van der Waals surface area contributed by atoms with Crippen LogP contribution in [0.25, 0.3) is 0 Å². The van der Waals surface area contributed by atoms with Gasteiger partial charge in [0, 0.05) is 12.3 Å². The number of carbonyl (C=O) groups is 1. The summed E-state index contributed by atoms with van der Waals surface area (Å²) >= 11 is 1.15. The molecule has 0 saturated heterocycles. The number of hydrogen-bond donors (Lipinski definition) is 1. The lowest BCUT2D eigenvalue weighted by Gasteiger charge is -2.01. The number of sulfone groups is 1. The van der Waals surface area contributed by atoms with Crippen LogP contribution >= 0.6 is 11.8 Å². The van der Waals surface area contributed by atoms with Gasteiger partial charge in [-0.3, -0.25) is 0 Å². The number of thioether (sulfide) groups is 1. The summed E-state index contributed by atoms with van der Waals surface area (Å²) in [6.07, 6.45) is 2.60. The summed E-state index contributed by atoms with van der Waals surface area (Å²) in [5.41, 5.74) is -0.324. The van der Waals surface area contributed by atoms with Gasteiger partial charge >= 0.3 is 5.97 Å². The van der Waals surface area contributed by atoms with Crippen molar-refractivity contribution >= 4 is 27.6 Å². The number of aromatic nitrogens is 2. The van der Waals surface area contributed by atoms with Gasteiger partial charge < -0.3 is 5.11 Å². The number of carboxylic acids is 1. The van der Waals surface area contributed by atoms with Crippen LogP contribution < -0.4 is 0 Å². The van der Waals surface area contributed by atoms with E-state index in [0.717, 1.165) is 18.0 Å². The van der Waals surface area contributed by atoms with Gasteiger partial charge in [-0.25, -0.2) is 23.2 Å². The van der Waals surface area contributed by atoms with Crippen molar-refractivity contribution in [3.05, 3.63) is 11.8 Å². The van der Waals surface area contributed by atoms with E-state index in [0.29, 0.717) is 5.03 Å². The fourth-order valence-corrected chi connectivity index (χ4v) is 1.78. The lowest BCUT2D eigenvalue weighted by Crippen LogP contribution is -2.10. The lowest BCUT2D eigenvalue weighted by atomic mass is 10.4. The maximum atomic E-state index is 11.1. The molecule has 8 heteroatoms. The number of nitrogens with zero attached hydrogens (tertiary/aromatic N) is 2. The van der Waals surface area contributed by atoms with Crippen molar-refractivity contribution in [3.8, 4) is 0 Å². The van der Waals surface area contributed by atoms with Crippen molar-refractivity contribution in [2.45, 2.75) is 10.2 Å². The molecule has 0 radical (unpaired) electrons. The van der Waals surface area contributed by atoms with Crippen molar-refractivity contribution in [1.82, 2.24) is 9.97 Å². The first-order chi connectivity index (χ1) is 6.84. The van der Waals surface area contributed by atoms with Gasteiger partial charge in [-0.2, -0.15) is 0 Å². The maximum absolute atomic E-state index is 11.1. The molecule has 1 aromatic heterocycles. The van der Waals surface area contributed by atoms with Gasteiger partial charge in [0.05, 0.1) is 0 Å². The van der Waals surface area contributed by atoms with Gasteiger partial charge in [-0.1, -0.05) is 0 Å². The lowest BCUT2D eigenvalue weighted by molar-refractivity contribution is 0.0689. The molecule has 1 aromatic rings. The van der Waals surface area contributed by atoms with Gasteiger partial charge in [-0.05, 0) is 6.26 Å². The smallest absolute Gasteiger partial charge is 0.354 e. The molecule has 0 saturated carbocycles. The Morgan fingerprint density at radius 1 is 1.47 bits per heavy atom. The van der Waals surface area contributed by atoms with E-state index in [9.17, 15) is 13.2 Å². The summed E-state index contributed by atoms with van der Waals surface area (Å²) in [6, 6.07) is 1.22. The molecule has 1 rings (SSSR count). The molecule has 0 unspecified atom stereocenters. The average Bonchev–Trinajstić information content (AvgIpc) is 2.15. The van der Waals surface area contributed by atoms with Gasteiger partial charge in [0.15, 0.2) is 5.69 Å². The Hall–Kier alpha value is -1.15. The van der Waals surface area contributed by atoms with E-state index in [-0.39, 0.29) is 5.69 Å². The number of hydrogen-bond acceptors (Lipinski definition) is 6. The summed E-state index contributed by atoms with van der Waals surface area (Å²) in [5.74, 6) is -1.28. The van der Waals surface area contributed by atoms with Crippen molar-refractivity contribution < 1.29 is 18.3 Å². The van der Waals surface area contributed by atoms with E-state index in [4.69, 9.17) is 5.11 Å². The minimum atomic E-state index is -3.59. The zero-order valence-corrected chi connectivity index (χ0v) is 9.59. The average molecular weight is 248 g/mol. The van der Waals surface area contributed by atoms with Crippen LogP contribution in [0.4, 0.5) is 0 Å². The normalized spacial score (nSPS) is 11.3. The van der Waals surface area contributed by atoms with E-state index in [1.807, 2.05) is 0 Å². The van der Waals surface area contributed by atoms with Crippen LogP contribution in [0.5, 0.6) is 0 Å². The predicted octanol–water partition coefficient (Wildman–Crippen LogP) is 0.300. The van der Waals surface area contributed by atoms with E-state index in [1.54, 1.807) is 6.26 Å². The van der Waals surface area contributed by atoms with Crippen molar-refractivity contribution in [2.75, 3.05) is 12.5 Å². The number of carboxylic acid groups (broad SMARTS) is 1. The highest BCUT2D eigenvalue weighted by Gasteiger charge is 2.16. The second-order valence-corrected chi connectivity index (χ2v) is 5.39. The Labute approximate surface area is 90.7 Å². The van der Waals surface area contributed by atoms with Crippen LogP contribution in [0, 0.1) is 0 Å². The predicted molar refractivity (Wildman–Crippen MR) is 53.9 cm³/mol. The minimum absolute atomic E-state index is 0.308. The molecule has 0 aliphatic rings. The third kappa shape index (κ3) is 2.90. The van der Waals surface area contributed by atoms with Gasteiger partial charge in [0.1, 0.15) is 5.03 Å². The summed E-state index contributed by atoms with van der Waals surface area (Å²) in [6.45, 7) is 0. The van der Waals surface area contributed by atoms with E-state index < -0.39 is 21.0 Å². The molecule has 0 spiro atoms. The van der Waals surface area contributed by atoms with Crippen molar-refractivity contribution in [2.24, 2.45) is 0 Å². The number of aromatic carboxylic acids is 1. The molecule has 0 aliphatic carbocycles. The minimum Gasteiger partial charge on any atom is -0.477 e. The summed E-state index contributed by atoms with van der Waals surface area (Å²) in [4.78, 5) is 17.8. The van der Waals surface area contributed by atoms with Crippen LogP contribution in [0.1, 0.15) is 10.5 Å². The molecular formula is C7H8N2O4S2. The molecule has 0 aromatic carbocycles. The molecule has 0 bridgehead atoms. The fraction of sp³-hybridized carbons (Fsp3) is 0.286. The Kier molecular flexibility index (Phi) is 3.30. The van der Waals surface area contributed by atoms with Crippen LogP contribution in [0.3, 0.4) is 0 Å². The van der Waals surface area contributed by atoms with Crippen LogP contribution in [0.2, 0.25) is 0 Å².